The predicted molar refractivity (Wildman–Crippen MR) is 127 cm³/mol. The lowest BCUT2D eigenvalue weighted by Gasteiger charge is -2.47. The van der Waals surface area contributed by atoms with Crippen molar-refractivity contribution in [3.8, 4) is 11.3 Å². The second-order valence-corrected chi connectivity index (χ2v) is 10.4. The number of H-pyrrole nitrogens is 1. The minimum atomic E-state index is 0. The Morgan fingerprint density at radius 3 is 2.71 bits per heavy atom. The zero-order valence-electron chi connectivity index (χ0n) is 18.3. The fraction of sp³-hybridized carbons (Fsp3) is 0.500. The van der Waals surface area contributed by atoms with Gasteiger partial charge in [-0.2, -0.15) is 0 Å². The van der Waals surface area contributed by atoms with Crippen molar-refractivity contribution in [2.45, 2.75) is 31.8 Å². The molecule has 5 heteroatoms. The summed E-state index contributed by atoms with van der Waals surface area (Å²) >= 11 is 0. The van der Waals surface area contributed by atoms with Gasteiger partial charge in [-0.1, -0.05) is 12.1 Å². The molecule has 0 radical (unpaired) electrons. The lowest BCUT2D eigenvalue weighted by molar-refractivity contribution is -0.00259. The van der Waals surface area contributed by atoms with Gasteiger partial charge in [0, 0.05) is 86.2 Å². The van der Waals surface area contributed by atoms with Crippen LogP contribution < -0.4 is 4.90 Å². The highest BCUT2D eigenvalue weighted by molar-refractivity contribution is 5.93. The van der Waals surface area contributed by atoms with Crippen LogP contribution in [0.1, 0.15) is 26.4 Å². The molecule has 5 nitrogen and oxygen atoms in total. The van der Waals surface area contributed by atoms with Crippen LogP contribution in [0.4, 0.5) is 5.69 Å². The number of hydrogen-bond donors (Lipinski definition) is 1. The van der Waals surface area contributed by atoms with E-state index in [4.69, 9.17) is 4.98 Å². The topological polar surface area (TPSA) is 38.4 Å². The molecule has 2 aliphatic carbocycles. The third kappa shape index (κ3) is 2.79. The lowest BCUT2D eigenvalue weighted by Crippen LogP contribution is -2.55. The Bertz CT molecular complexity index is 1130. The molecule has 7 rings (SSSR count). The minimum absolute atomic E-state index is 0. The molecule has 0 bridgehead atoms. The number of pyridine rings is 1. The van der Waals surface area contributed by atoms with Crippen LogP contribution in [0.15, 0.2) is 42.6 Å². The summed E-state index contributed by atoms with van der Waals surface area (Å²) in [6, 6.07) is 14.3. The highest BCUT2D eigenvalue weighted by Gasteiger charge is 2.70. The highest BCUT2D eigenvalue weighted by Crippen LogP contribution is 2.70. The van der Waals surface area contributed by atoms with E-state index in [0.717, 1.165) is 55.8 Å². The number of aromatic amines is 1. The van der Waals surface area contributed by atoms with E-state index >= 15 is 0 Å². The van der Waals surface area contributed by atoms with Crippen LogP contribution in [0, 0.1) is 11.3 Å². The smallest absolute Gasteiger partial charge is 0.0795 e. The van der Waals surface area contributed by atoms with Gasteiger partial charge in [0.1, 0.15) is 0 Å². The monoisotopic (exact) mass is 415 g/mol. The van der Waals surface area contributed by atoms with Gasteiger partial charge >= 0.3 is 0 Å². The number of fused-ring (bicyclic) bond motifs is 1. The summed E-state index contributed by atoms with van der Waals surface area (Å²) in [5, 5.41) is 1.25. The molecule has 4 fully saturated rings. The summed E-state index contributed by atoms with van der Waals surface area (Å²) in [5.41, 5.74) is 6.89. The van der Waals surface area contributed by atoms with E-state index < -0.39 is 0 Å². The molecule has 1 aromatic carbocycles. The van der Waals surface area contributed by atoms with E-state index in [0.29, 0.717) is 0 Å². The molecule has 1 spiro atoms. The summed E-state index contributed by atoms with van der Waals surface area (Å²) in [4.78, 5) is 16.0. The maximum atomic E-state index is 4.77. The van der Waals surface area contributed by atoms with Gasteiger partial charge in [-0.15, -0.1) is 0 Å². The summed E-state index contributed by atoms with van der Waals surface area (Å²) in [6.45, 7) is 6.84. The molecule has 2 saturated heterocycles. The molecule has 3 aromatic rings. The average molecular weight is 416 g/mol. The van der Waals surface area contributed by atoms with Crippen LogP contribution in [0.3, 0.4) is 0 Å². The molecule has 2 aromatic heterocycles. The third-order valence-corrected chi connectivity index (χ3v) is 8.66. The molecule has 3 unspecified atom stereocenters. The van der Waals surface area contributed by atoms with Crippen molar-refractivity contribution in [3.63, 3.8) is 0 Å². The van der Waals surface area contributed by atoms with Crippen molar-refractivity contribution in [2.24, 2.45) is 11.3 Å². The second kappa shape index (κ2) is 6.57. The zero-order chi connectivity index (χ0) is 20.6. The van der Waals surface area contributed by atoms with Crippen molar-refractivity contribution in [3.05, 3.63) is 48.3 Å². The first-order valence-electron chi connectivity index (χ1n) is 11.9. The number of benzene rings is 1. The normalized spacial score (nSPS) is 30.3. The molecular weight excluding hydrogens is 382 g/mol. The van der Waals surface area contributed by atoms with E-state index in [1.54, 1.807) is 0 Å². The largest absolute Gasteiger partial charge is 0.369 e. The van der Waals surface area contributed by atoms with Gasteiger partial charge in [0.15, 0.2) is 0 Å². The fourth-order valence-corrected chi connectivity index (χ4v) is 6.77. The number of piperazine rings is 1. The lowest BCUT2D eigenvalue weighted by atomic mass is 9.86. The van der Waals surface area contributed by atoms with Crippen molar-refractivity contribution in [1.82, 2.24) is 19.8 Å². The first kappa shape index (κ1) is 18.2. The molecule has 2 aliphatic heterocycles. The molecule has 0 amide bonds. The molecular formula is C26H33N5. The van der Waals surface area contributed by atoms with Crippen LogP contribution in [-0.2, 0) is 6.54 Å². The first-order valence-corrected chi connectivity index (χ1v) is 11.9. The number of hydrogen-bond acceptors (Lipinski definition) is 4. The number of anilines is 1. The Balaban J connectivity index is 0.00000196. The van der Waals surface area contributed by atoms with E-state index in [2.05, 4.69) is 63.1 Å². The van der Waals surface area contributed by atoms with Gasteiger partial charge in [-0.3, -0.25) is 9.88 Å². The molecule has 162 valence electrons. The molecule has 2 saturated carbocycles. The second-order valence-electron chi connectivity index (χ2n) is 10.4. The molecule has 4 heterocycles. The summed E-state index contributed by atoms with van der Waals surface area (Å²) in [7, 11) is 2.20. The molecule has 31 heavy (non-hydrogen) atoms. The molecule has 3 atom stereocenters. The first-order chi connectivity index (χ1) is 15.2. The van der Waals surface area contributed by atoms with Crippen LogP contribution in [-0.4, -0.2) is 65.6 Å². The van der Waals surface area contributed by atoms with Gasteiger partial charge in [0.25, 0.3) is 0 Å². The predicted octanol–water partition coefficient (Wildman–Crippen LogP) is 4.21. The Kier molecular flexibility index (Phi) is 3.86. The molecule has 4 aliphatic rings. The van der Waals surface area contributed by atoms with Crippen LogP contribution in [0.25, 0.3) is 22.2 Å². The number of rotatable bonds is 4. The summed E-state index contributed by atoms with van der Waals surface area (Å²) in [6.07, 6.45) is 6.32. The van der Waals surface area contributed by atoms with E-state index in [-0.39, 0.29) is 1.43 Å². The fourth-order valence-electron chi connectivity index (χ4n) is 6.77. The van der Waals surface area contributed by atoms with Gasteiger partial charge < -0.3 is 14.8 Å². The van der Waals surface area contributed by atoms with Crippen molar-refractivity contribution in [2.75, 3.05) is 44.7 Å². The number of aromatic nitrogens is 2. The van der Waals surface area contributed by atoms with Crippen LogP contribution >= 0.6 is 0 Å². The average Bonchev–Trinajstić information content (AvgIpc) is 3.24. The Morgan fingerprint density at radius 2 is 1.94 bits per heavy atom. The summed E-state index contributed by atoms with van der Waals surface area (Å²) in [5.74, 6) is 1.06. The van der Waals surface area contributed by atoms with Crippen molar-refractivity contribution in [1.29, 1.82) is 0 Å². The Labute approximate surface area is 185 Å². The van der Waals surface area contributed by atoms with E-state index in [1.165, 1.54) is 53.7 Å². The Morgan fingerprint density at radius 1 is 1.10 bits per heavy atom. The third-order valence-electron chi connectivity index (χ3n) is 8.66. The number of likely N-dealkylation sites (tertiary alicyclic amines) is 1. The maximum absolute atomic E-state index is 4.77. The zero-order valence-corrected chi connectivity index (χ0v) is 18.3. The minimum Gasteiger partial charge on any atom is -0.369 e. The van der Waals surface area contributed by atoms with Crippen LogP contribution in [0.5, 0.6) is 0 Å². The SMILES string of the molecule is CN1CCN(c2ccc(-c3nccc4[nH]c(CN5CC67CC6CCC57)cc34)cc2)CC1.[HH]. The highest BCUT2D eigenvalue weighted by atomic mass is 15.3. The van der Waals surface area contributed by atoms with Crippen molar-refractivity contribution >= 4 is 16.6 Å². The van der Waals surface area contributed by atoms with Crippen molar-refractivity contribution < 1.29 is 1.43 Å². The maximum Gasteiger partial charge on any atom is 0.0795 e. The molecule has 1 N–H and O–H groups in total. The van der Waals surface area contributed by atoms with Gasteiger partial charge in [0.05, 0.1) is 5.69 Å². The standard InChI is InChI=1S/C26H31N5.H2/c1-29-10-12-30(13-11-29)21-5-2-18(3-6-21)25-22-14-20(28-23(22)8-9-27-25)16-31-17-26-15-19(26)4-7-24(26)31;/h2-3,5-6,8-9,14,19,24,28H,4,7,10-13,15-17H2,1H3;1H. The van der Waals surface area contributed by atoms with E-state index in [9.17, 15) is 0 Å². The quantitative estimate of drug-likeness (QED) is 0.693. The number of nitrogens with zero attached hydrogens (tertiary/aromatic N) is 4. The van der Waals surface area contributed by atoms with Gasteiger partial charge in [-0.05, 0) is 56.5 Å². The van der Waals surface area contributed by atoms with Gasteiger partial charge in [-0.25, -0.2) is 0 Å². The summed E-state index contributed by atoms with van der Waals surface area (Å²) < 4.78 is 0. The number of likely N-dealkylation sites (N-methyl/N-ethyl adjacent to an activating group) is 1. The Hall–Kier alpha value is -2.37. The van der Waals surface area contributed by atoms with Gasteiger partial charge in [0.2, 0.25) is 0 Å². The van der Waals surface area contributed by atoms with Crippen LogP contribution in [0.2, 0.25) is 0 Å². The van der Waals surface area contributed by atoms with E-state index in [1.807, 2.05) is 6.20 Å². The number of nitrogens with one attached hydrogen (secondary N) is 1.